The molecule has 0 bridgehead atoms. The van der Waals surface area contributed by atoms with Crippen molar-refractivity contribution in [3.05, 3.63) is 47.7 Å². The molecule has 1 aromatic heterocycles. The number of hydrogen-bond donors (Lipinski definition) is 1. The van der Waals surface area contributed by atoms with E-state index in [-0.39, 0.29) is 12.6 Å². The maximum absolute atomic E-state index is 11.9. The van der Waals surface area contributed by atoms with Crippen molar-refractivity contribution in [2.75, 3.05) is 12.5 Å². The van der Waals surface area contributed by atoms with E-state index >= 15 is 0 Å². The molecule has 0 spiro atoms. The van der Waals surface area contributed by atoms with Gasteiger partial charge >= 0.3 is 0 Å². The summed E-state index contributed by atoms with van der Waals surface area (Å²) in [7, 11) is 0. The number of benzene rings is 1. The molecule has 1 aromatic carbocycles. The number of carbonyl (C=O) groups is 1. The lowest BCUT2D eigenvalue weighted by atomic mass is 10.2. The van der Waals surface area contributed by atoms with E-state index in [1.54, 1.807) is 30.0 Å². The van der Waals surface area contributed by atoms with Crippen LogP contribution in [0.4, 0.5) is 0 Å². The minimum absolute atomic E-state index is 0.0715. The number of nitrogens with zero attached hydrogens (tertiary/aromatic N) is 2. The van der Waals surface area contributed by atoms with Crippen LogP contribution in [-0.2, 0) is 0 Å². The van der Waals surface area contributed by atoms with Crippen LogP contribution in [0.25, 0.3) is 0 Å². The van der Waals surface area contributed by atoms with E-state index in [9.17, 15) is 4.79 Å². The predicted octanol–water partition coefficient (Wildman–Crippen LogP) is 3.05. The van der Waals surface area contributed by atoms with E-state index in [1.807, 2.05) is 25.1 Å². The molecule has 22 heavy (non-hydrogen) atoms. The van der Waals surface area contributed by atoms with Gasteiger partial charge in [0, 0.05) is 23.1 Å². The number of thioether (sulfide) groups is 1. The molecule has 0 fully saturated rings. The van der Waals surface area contributed by atoms with Crippen molar-refractivity contribution < 1.29 is 9.53 Å². The Morgan fingerprint density at radius 2 is 2.05 bits per heavy atom. The van der Waals surface area contributed by atoms with E-state index in [0.717, 1.165) is 17.9 Å². The van der Waals surface area contributed by atoms with Crippen LogP contribution in [0, 0.1) is 6.92 Å². The minimum Gasteiger partial charge on any atom is -0.456 e. The molecule has 6 heteroatoms. The van der Waals surface area contributed by atoms with E-state index in [0.29, 0.717) is 16.6 Å². The van der Waals surface area contributed by atoms with Gasteiger partial charge in [0.05, 0.1) is 0 Å². The average molecular weight is 317 g/mol. The molecule has 1 heterocycles. The monoisotopic (exact) mass is 317 g/mol. The van der Waals surface area contributed by atoms with Crippen LogP contribution in [0.15, 0.2) is 41.6 Å². The highest BCUT2D eigenvalue weighted by molar-refractivity contribution is 7.99. The van der Waals surface area contributed by atoms with Gasteiger partial charge in [0.25, 0.3) is 5.91 Å². The molecule has 2 aromatic rings. The van der Waals surface area contributed by atoms with Gasteiger partial charge in [-0.1, -0.05) is 36.9 Å². The molecule has 0 saturated heterocycles. The molecule has 1 amide bonds. The average Bonchev–Trinajstić information content (AvgIpc) is 2.53. The molecule has 0 atom stereocenters. The first-order valence-corrected chi connectivity index (χ1v) is 8.12. The van der Waals surface area contributed by atoms with Gasteiger partial charge in [0.2, 0.25) is 5.88 Å². The molecule has 0 unspecified atom stereocenters. The largest absolute Gasteiger partial charge is 0.456 e. The van der Waals surface area contributed by atoms with Gasteiger partial charge < -0.3 is 10.1 Å². The second-order valence-electron chi connectivity index (χ2n) is 4.64. The van der Waals surface area contributed by atoms with Gasteiger partial charge in [-0.05, 0) is 25.5 Å². The molecular formula is C16H19N3O2S. The molecule has 0 radical (unpaired) electrons. The SMILES string of the molecule is CCCSc1nc(C)cc(OCNC(=O)c2ccccc2)n1. The molecule has 5 nitrogen and oxygen atoms in total. The third kappa shape index (κ3) is 5.04. The predicted molar refractivity (Wildman–Crippen MR) is 87.2 cm³/mol. The fourth-order valence-corrected chi connectivity index (χ4v) is 2.46. The van der Waals surface area contributed by atoms with E-state index in [4.69, 9.17) is 4.74 Å². The molecule has 0 aliphatic carbocycles. The number of aryl methyl sites for hydroxylation is 1. The van der Waals surface area contributed by atoms with E-state index in [2.05, 4.69) is 22.2 Å². The fourth-order valence-electron chi connectivity index (χ4n) is 1.71. The van der Waals surface area contributed by atoms with E-state index < -0.39 is 0 Å². The van der Waals surface area contributed by atoms with Crippen molar-refractivity contribution in [2.45, 2.75) is 25.4 Å². The van der Waals surface area contributed by atoms with Crippen molar-refractivity contribution in [2.24, 2.45) is 0 Å². The summed E-state index contributed by atoms with van der Waals surface area (Å²) in [4.78, 5) is 20.5. The second kappa shape index (κ2) is 8.38. The van der Waals surface area contributed by atoms with Crippen molar-refractivity contribution in [3.8, 4) is 5.88 Å². The maximum Gasteiger partial charge on any atom is 0.253 e. The van der Waals surface area contributed by atoms with Crippen LogP contribution < -0.4 is 10.1 Å². The standard InChI is InChI=1S/C16H19N3O2S/c1-3-9-22-16-18-12(2)10-14(19-16)21-11-17-15(20)13-7-5-4-6-8-13/h4-8,10H,3,9,11H2,1-2H3,(H,17,20). The van der Waals surface area contributed by atoms with Crippen molar-refractivity contribution in [1.29, 1.82) is 0 Å². The summed E-state index contributed by atoms with van der Waals surface area (Å²) in [5, 5.41) is 3.40. The molecule has 1 N–H and O–H groups in total. The zero-order chi connectivity index (χ0) is 15.8. The lowest BCUT2D eigenvalue weighted by Crippen LogP contribution is -2.27. The number of amides is 1. The number of carbonyl (C=O) groups excluding carboxylic acids is 1. The molecule has 116 valence electrons. The van der Waals surface area contributed by atoms with E-state index in [1.165, 1.54) is 0 Å². The minimum atomic E-state index is -0.174. The summed E-state index contributed by atoms with van der Waals surface area (Å²) in [6, 6.07) is 10.8. The molecule has 0 aliphatic heterocycles. The zero-order valence-corrected chi connectivity index (χ0v) is 13.5. The first kappa shape index (κ1) is 16.3. The Morgan fingerprint density at radius 1 is 1.27 bits per heavy atom. The molecular weight excluding hydrogens is 298 g/mol. The molecule has 0 aliphatic rings. The van der Waals surface area contributed by atoms with Crippen LogP contribution in [0.2, 0.25) is 0 Å². The Hall–Kier alpha value is -2.08. The summed E-state index contributed by atoms with van der Waals surface area (Å²) in [6.45, 7) is 4.08. The highest BCUT2D eigenvalue weighted by atomic mass is 32.2. The third-order valence-corrected chi connectivity index (χ3v) is 3.79. The quantitative estimate of drug-likeness (QED) is 0.483. The van der Waals surface area contributed by atoms with Gasteiger partial charge in [-0.25, -0.2) is 4.98 Å². The molecule has 2 rings (SSSR count). The van der Waals surface area contributed by atoms with Gasteiger partial charge in [-0.15, -0.1) is 0 Å². The Morgan fingerprint density at radius 3 is 2.77 bits per heavy atom. The summed E-state index contributed by atoms with van der Waals surface area (Å²) in [5.41, 5.74) is 1.45. The lowest BCUT2D eigenvalue weighted by molar-refractivity contribution is 0.0917. The Bertz CT molecular complexity index is 620. The number of hydrogen-bond acceptors (Lipinski definition) is 5. The Kier molecular flexibility index (Phi) is 6.21. The van der Waals surface area contributed by atoms with Crippen LogP contribution in [0.5, 0.6) is 5.88 Å². The number of nitrogens with one attached hydrogen (secondary N) is 1. The summed E-state index contributed by atoms with van der Waals surface area (Å²) in [5.74, 6) is 1.26. The zero-order valence-electron chi connectivity index (χ0n) is 12.7. The topological polar surface area (TPSA) is 64.1 Å². The lowest BCUT2D eigenvalue weighted by Gasteiger charge is -2.09. The smallest absolute Gasteiger partial charge is 0.253 e. The normalized spacial score (nSPS) is 10.3. The van der Waals surface area contributed by atoms with Gasteiger partial charge in [-0.3, -0.25) is 4.79 Å². The van der Waals surface area contributed by atoms with Gasteiger partial charge in [-0.2, -0.15) is 4.98 Å². The highest BCUT2D eigenvalue weighted by Crippen LogP contribution is 2.18. The first-order valence-electron chi connectivity index (χ1n) is 7.13. The van der Waals surface area contributed by atoms with Crippen molar-refractivity contribution >= 4 is 17.7 Å². The van der Waals surface area contributed by atoms with Crippen LogP contribution in [0.3, 0.4) is 0 Å². The number of aromatic nitrogens is 2. The Labute approximate surface area is 134 Å². The molecule has 0 saturated carbocycles. The van der Waals surface area contributed by atoms with Crippen LogP contribution in [-0.4, -0.2) is 28.4 Å². The summed E-state index contributed by atoms with van der Waals surface area (Å²) >= 11 is 1.60. The van der Waals surface area contributed by atoms with Gasteiger partial charge in [0.1, 0.15) is 0 Å². The van der Waals surface area contributed by atoms with Crippen molar-refractivity contribution in [1.82, 2.24) is 15.3 Å². The first-order chi connectivity index (χ1) is 10.7. The number of ether oxygens (including phenoxy) is 1. The highest BCUT2D eigenvalue weighted by Gasteiger charge is 2.06. The maximum atomic E-state index is 11.9. The fraction of sp³-hybridized carbons (Fsp3) is 0.312. The van der Waals surface area contributed by atoms with Gasteiger partial charge in [0.15, 0.2) is 11.9 Å². The van der Waals surface area contributed by atoms with Crippen LogP contribution >= 0.6 is 11.8 Å². The van der Waals surface area contributed by atoms with Crippen molar-refractivity contribution in [3.63, 3.8) is 0 Å². The van der Waals surface area contributed by atoms with Crippen LogP contribution in [0.1, 0.15) is 29.4 Å². The Balaban J connectivity index is 1.88. The third-order valence-electron chi connectivity index (χ3n) is 2.73. The second-order valence-corrected chi connectivity index (χ2v) is 5.70. The summed E-state index contributed by atoms with van der Waals surface area (Å²) in [6.07, 6.45) is 1.06. The number of rotatable bonds is 7. The summed E-state index contributed by atoms with van der Waals surface area (Å²) < 4.78 is 5.50.